The maximum atomic E-state index is 11.3. The Labute approximate surface area is 124 Å². The van der Waals surface area contributed by atoms with Gasteiger partial charge in [0.2, 0.25) is 0 Å². The Morgan fingerprint density at radius 1 is 1.10 bits per heavy atom. The summed E-state index contributed by atoms with van der Waals surface area (Å²) in [5.74, 6) is 1.15. The fourth-order valence-corrected chi connectivity index (χ4v) is 4.42. The van der Waals surface area contributed by atoms with Crippen molar-refractivity contribution >= 4 is 9.84 Å². The molecule has 4 nitrogen and oxygen atoms in total. The highest BCUT2D eigenvalue weighted by Gasteiger charge is 2.29. The van der Waals surface area contributed by atoms with Gasteiger partial charge in [0.15, 0.2) is 0 Å². The Bertz CT molecular complexity index is 377. The molecule has 2 aliphatic heterocycles. The molecule has 1 N–H and O–H groups in total. The first-order chi connectivity index (χ1) is 9.56. The molecule has 0 aromatic rings. The van der Waals surface area contributed by atoms with Gasteiger partial charge in [-0.2, -0.15) is 0 Å². The summed E-state index contributed by atoms with van der Waals surface area (Å²) in [6.45, 7) is 4.43. The van der Waals surface area contributed by atoms with Crippen molar-refractivity contribution < 1.29 is 8.42 Å². The Balaban J connectivity index is 1.90. The van der Waals surface area contributed by atoms with Gasteiger partial charge >= 0.3 is 0 Å². The third-order valence-corrected chi connectivity index (χ3v) is 5.83. The van der Waals surface area contributed by atoms with Crippen molar-refractivity contribution in [3.8, 4) is 0 Å². The molecule has 118 valence electrons. The second-order valence-corrected chi connectivity index (χ2v) is 8.78. The molecule has 2 heterocycles. The number of hydrogen-bond donors (Lipinski definition) is 1. The Kier molecular flexibility index (Phi) is 6.30. The normalized spacial score (nSPS) is 27.4. The van der Waals surface area contributed by atoms with Crippen molar-refractivity contribution in [3.05, 3.63) is 0 Å². The van der Waals surface area contributed by atoms with Crippen molar-refractivity contribution in [1.29, 1.82) is 0 Å². The second kappa shape index (κ2) is 7.76. The molecule has 0 radical (unpaired) electrons. The molecule has 0 saturated carbocycles. The predicted octanol–water partition coefficient (Wildman–Crippen LogP) is 1.67. The fraction of sp³-hybridized carbons (Fsp3) is 1.00. The zero-order chi connectivity index (χ0) is 14.4. The number of rotatable bonds is 5. The molecule has 1 atom stereocenters. The maximum absolute atomic E-state index is 11.3. The minimum absolute atomic E-state index is 0.336. The lowest BCUT2D eigenvalue weighted by Gasteiger charge is -2.38. The largest absolute Gasteiger partial charge is 0.317 e. The second-order valence-electron chi connectivity index (χ2n) is 6.52. The molecule has 2 saturated heterocycles. The van der Waals surface area contributed by atoms with Crippen LogP contribution in [-0.2, 0) is 9.84 Å². The average Bonchev–Trinajstić information content (AvgIpc) is 2.64. The van der Waals surface area contributed by atoms with E-state index in [4.69, 9.17) is 0 Å². The van der Waals surface area contributed by atoms with Gasteiger partial charge < -0.3 is 10.2 Å². The molecule has 5 heteroatoms. The molecule has 20 heavy (non-hydrogen) atoms. The Morgan fingerprint density at radius 3 is 2.55 bits per heavy atom. The van der Waals surface area contributed by atoms with Gasteiger partial charge in [0, 0.05) is 12.3 Å². The van der Waals surface area contributed by atoms with Crippen LogP contribution in [0.4, 0.5) is 0 Å². The van der Waals surface area contributed by atoms with Crippen molar-refractivity contribution in [3.63, 3.8) is 0 Å². The van der Waals surface area contributed by atoms with E-state index in [9.17, 15) is 8.42 Å². The Morgan fingerprint density at radius 2 is 1.85 bits per heavy atom. The summed E-state index contributed by atoms with van der Waals surface area (Å²) in [6, 6.07) is 0.694. The first kappa shape index (κ1) is 16.2. The van der Waals surface area contributed by atoms with Crippen LogP contribution in [0.2, 0.25) is 0 Å². The molecule has 0 aromatic carbocycles. The van der Waals surface area contributed by atoms with E-state index in [1.165, 1.54) is 51.3 Å². The van der Waals surface area contributed by atoms with Crippen molar-refractivity contribution in [1.82, 2.24) is 10.2 Å². The lowest BCUT2D eigenvalue weighted by Crippen LogP contribution is -2.45. The van der Waals surface area contributed by atoms with Crippen LogP contribution in [-0.4, -0.2) is 57.5 Å². The monoisotopic (exact) mass is 302 g/mol. The van der Waals surface area contributed by atoms with E-state index in [2.05, 4.69) is 10.2 Å². The third-order valence-electron chi connectivity index (χ3n) is 4.80. The number of nitrogens with one attached hydrogen (secondary N) is 1. The highest BCUT2D eigenvalue weighted by Crippen LogP contribution is 2.28. The van der Waals surface area contributed by atoms with Crippen LogP contribution >= 0.6 is 0 Å². The van der Waals surface area contributed by atoms with Gasteiger partial charge in [0.25, 0.3) is 0 Å². The van der Waals surface area contributed by atoms with Crippen LogP contribution < -0.4 is 5.32 Å². The summed E-state index contributed by atoms with van der Waals surface area (Å²) in [4.78, 5) is 2.61. The quantitative estimate of drug-likeness (QED) is 0.839. The minimum atomic E-state index is -2.81. The van der Waals surface area contributed by atoms with Crippen LogP contribution in [0.25, 0.3) is 0 Å². The molecule has 2 aliphatic rings. The van der Waals surface area contributed by atoms with Crippen LogP contribution in [0.3, 0.4) is 0 Å². The van der Waals surface area contributed by atoms with Crippen molar-refractivity contribution in [2.45, 2.75) is 51.0 Å². The number of likely N-dealkylation sites (tertiary alicyclic amines) is 1. The highest BCUT2D eigenvalue weighted by atomic mass is 32.2. The number of hydrogen-bond acceptors (Lipinski definition) is 4. The van der Waals surface area contributed by atoms with E-state index in [0.717, 1.165) is 32.0 Å². The molecule has 0 aliphatic carbocycles. The standard InChI is InChI=1S/C15H30N2O2S/c1-20(18,19)13-5-12-17-11-4-2-3-6-15(17)14-7-9-16-10-8-14/h14-16H,2-13H2,1H3. The maximum Gasteiger partial charge on any atom is 0.147 e. The topological polar surface area (TPSA) is 49.4 Å². The predicted molar refractivity (Wildman–Crippen MR) is 83.8 cm³/mol. The molecule has 0 spiro atoms. The molecule has 0 bridgehead atoms. The van der Waals surface area contributed by atoms with E-state index in [-0.39, 0.29) is 0 Å². The molecular formula is C15H30N2O2S. The van der Waals surface area contributed by atoms with Gasteiger partial charge in [0.1, 0.15) is 9.84 Å². The SMILES string of the molecule is CS(=O)(=O)CCCN1CCCCCC1C1CCNCC1. The van der Waals surface area contributed by atoms with Crippen LogP contribution in [0, 0.1) is 5.92 Å². The first-order valence-electron chi connectivity index (χ1n) is 8.19. The fourth-order valence-electron chi connectivity index (χ4n) is 3.76. The molecule has 0 aromatic heterocycles. The zero-order valence-corrected chi connectivity index (χ0v) is 13.6. The van der Waals surface area contributed by atoms with Crippen molar-refractivity contribution in [2.24, 2.45) is 5.92 Å². The summed E-state index contributed by atoms with van der Waals surface area (Å²) >= 11 is 0. The lowest BCUT2D eigenvalue weighted by molar-refractivity contribution is 0.122. The van der Waals surface area contributed by atoms with E-state index >= 15 is 0 Å². The number of sulfone groups is 1. The molecule has 0 amide bonds. The Hall–Kier alpha value is -0.130. The molecule has 2 rings (SSSR count). The van der Waals surface area contributed by atoms with E-state index in [1.54, 1.807) is 0 Å². The summed E-state index contributed by atoms with van der Waals surface area (Å²) in [6.07, 6.45) is 9.98. The lowest BCUT2D eigenvalue weighted by atomic mass is 9.87. The van der Waals surface area contributed by atoms with Gasteiger partial charge in [-0.1, -0.05) is 12.8 Å². The zero-order valence-electron chi connectivity index (χ0n) is 12.8. The summed E-state index contributed by atoms with van der Waals surface area (Å²) in [5.41, 5.74) is 0. The smallest absolute Gasteiger partial charge is 0.147 e. The summed E-state index contributed by atoms with van der Waals surface area (Å²) < 4.78 is 22.6. The van der Waals surface area contributed by atoms with E-state index < -0.39 is 9.84 Å². The van der Waals surface area contributed by atoms with Gasteiger partial charge in [-0.05, 0) is 64.2 Å². The number of piperidine rings is 1. The number of nitrogens with zero attached hydrogens (tertiary/aromatic N) is 1. The molecule has 2 fully saturated rings. The van der Waals surface area contributed by atoms with Crippen LogP contribution in [0.1, 0.15) is 44.9 Å². The summed E-state index contributed by atoms with van der Waals surface area (Å²) in [5, 5.41) is 3.45. The molecular weight excluding hydrogens is 272 g/mol. The van der Waals surface area contributed by atoms with Gasteiger partial charge in [0.05, 0.1) is 5.75 Å². The van der Waals surface area contributed by atoms with E-state index in [1.807, 2.05) is 0 Å². The van der Waals surface area contributed by atoms with E-state index in [0.29, 0.717) is 11.8 Å². The molecule has 1 unspecified atom stereocenters. The first-order valence-corrected chi connectivity index (χ1v) is 10.2. The third kappa shape index (κ3) is 5.34. The van der Waals surface area contributed by atoms with Crippen molar-refractivity contribution in [2.75, 3.05) is 38.2 Å². The van der Waals surface area contributed by atoms with Crippen LogP contribution in [0.15, 0.2) is 0 Å². The van der Waals surface area contributed by atoms with Crippen LogP contribution in [0.5, 0.6) is 0 Å². The van der Waals surface area contributed by atoms with Gasteiger partial charge in [-0.15, -0.1) is 0 Å². The minimum Gasteiger partial charge on any atom is -0.317 e. The van der Waals surface area contributed by atoms with Gasteiger partial charge in [-0.3, -0.25) is 0 Å². The summed E-state index contributed by atoms with van der Waals surface area (Å²) in [7, 11) is -2.81. The van der Waals surface area contributed by atoms with Gasteiger partial charge in [-0.25, -0.2) is 8.42 Å². The average molecular weight is 302 g/mol. The highest BCUT2D eigenvalue weighted by molar-refractivity contribution is 7.90.